The van der Waals surface area contributed by atoms with Gasteiger partial charge in [-0.15, -0.1) is 0 Å². The molecule has 1 aliphatic carbocycles. The highest BCUT2D eigenvalue weighted by Gasteiger charge is 2.30. The summed E-state index contributed by atoms with van der Waals surface area (Å²) in [4.78, 5) is 0. The average molecular weight is 401 g/mol. The summed E-state index contributed by atoms with van der Waals surface area (Å²) in [5.74, 6) is 0. The molecular weight excluding hydrogens is 383 g/mol. The zero-order chi connectivity index (χ0) is 18.1. The summed E-state index contributed by atoms with van der Waals surface area (Å²) in [5, 5.41) is 8.96. The van der Waals surface area contributed by atoms with E-state index in [2.05, 4.69) is 28.8 Å². The van der Waals surface area contributed by atoms with Gasteiger partial charge in [-0.05, 0) is 84.1 Å². The van der Waals surface area contributed by atoms with Gasteiger partial charge in [-0.3, -0.25) is 0 Å². The molecule has 1 heterocycles. The Morgan fingerprint density at radius 1 is 0.923 bits per heavy atom. The van der Waals surface area contributed by atoms with Gasteiger partial charge in [0.05, 0.1) is 6.04 Å². The van der Waals surface area contributed by atoms with Crippen LogP contribution in [0.2, 0.25) is 10.0 Å². The number of nitrogens with one attached hydrogen (secondary N) is 2. The Kier molecular flexibility index (Phi) is 5.03. The zero-order valence-corrected chi connectivity index (χ0v) is 16.4. The summed E-state index contributed by atoms with van der Waals surface area (Å²) in [7, 11) is 0. The normalized spacial score (nSPS) is 21.2. The van der Waals surface area contributed by atoms with Crippen molar-refractivity contribution >= 4 is 46.6 Å². The predicted molar refractivity (Wildman–Crippen MR) is 113 cm³/mol. The van der Waals surface area contributed by atoms with Crippen molar-refractivity contribution < 1.29 is 0 Å². The molecule has 0 fully saturated rings. The number of hydrogen-bond donors (Lipinski definition) is 2. The van der Waals surface area contributed by atoms with Gasteiger partial charge in [0.25, 0.3) is 0 Å². The second kappa shape index (κ2) is 7.43. The molecule has 2 aromatic carbocycles. The molecule has 0 unspecified atom stereocenters. The van der Waals surface area contributed by atoms with Crippen molar-refractivity contribution in [2.24, 2.45) is 0 Å². The molecule has 0 saturated carbocycles. The second-order valence-electron chi connectivity index (χ2n) is 6.56. The smallest absolute Gasteiger partial charge is 0.171 e. The monoisotopic (exact) mass is 400 g/mol. The number of halogens is 2. The Balaban J connectivity index is 1.75. The lowest BCUT2D eigenvalue weighted by molar-refractivity contribution is 0.609. The largest absolute Gasteiger partial charge is 0.352 e. The van der Waals surface area contributed by atoms with E-state index in [1.165, 1.54) is 16.7 Å². The van der Waals surface area contributed by atoms with Gasteiger partial charge in [0.2, 0.25) is 0 Å². The van der Waals surface area contributed by atoms with Gasteiger partial charge in [-0.2, -0.15) is 0 Å². The van der Waals surface area contributed by atoms with Crippen LogP contribution in [-0.4, -0.2) is 5.11 Å². The first kappa shape index (κ1) is 17.6. The fraction of sp³-hybridized carbons (Fsp3) is 0.190. The Hall–Kier alpha value is -1.81. The first-order valence-electron chi connectivity index (χ1n) is 8.63. The number of thiocarbonyl (C=S) groups is 1. The molecule has 0 bridgehead atoms. The Bertz CT molecular complexity index is 899. The molecule has 1 aliphatic heterocycles. The van der Waals surface area contributed by atoms with Crippen LogP contribution in [0.1, 0.15) is 36.4 Å². The molecule has 4 rings (SSSR count). The lowest BCUT2D eigenvalue weighted by atomic mass is 9.83. The van der Waals surface area contributed by atoms with Crippen molar-refractivity contribution in [3.63, 3.8) is 0 Å². The zero-order valence-electron chi connectivity index (χ0n) is 14.1. The van der Waals surface area contributed by atoms with Crippen LogP contribution >= 0.6 is 35.4 Å². The molecule has 0 saturated heterocycles. The third-order valence-electron chi connectivity index (χ3n) is 4.81. The van der Waals surface area contributed by atoms with Crippen molar-refractivity contribution in [1.82, 2.24) is 10.6 Å². The van der Waals surface area contributed by atoms with Crippen LogP contribution in [0.4, 0.5) is 0 Å². The highest BCUT2D eigenvalue weighted by atomic mass is 35.5. The summed E-state index contributed by atoms with van der Waals surface area (Å²) in [6, 6.07) is 16.0. The lowest BCUT2D eigenvalue weighted by Gasteiger charge is -2.36. The number of benzene rings is 2. The van der Waals surface area contributed by atoms with E-state index in [9.17, 15) is 0 Å². The molecule has 2 aliphatic rings. The van der Waals surface area contributed by atoms with Gasteiger partial charge in [0, 0.05) is 15.7 Å². The van der Waals surface area contributed by atoms with Crippen LogP contribution in [-0.2, 0) is 0 Å². The molecule has 0 spiro atoms. The molecule has 0 radical (unpaired) electrons. The van der Waals surface area contributed by atoms with E-state index in [0.29, 0.717) is 5.11 Å². The van der Waals surface area contributed by atoms with Gasteiger partial charge < -0.3 is 10.6 Å². The quantitative estimate of drug-likeness (QED) is 0.601. The van der Waals surface area contributed by atoms with Crippen molar-refractivity contribution in [3.8, 4) is 0 Å². The minimum absolute atomic E-state index is 0.0879. The summed E-state index contributed by atoms with van der Waals surface area (Å²) in [6.07, 6.45) is 5.43. The maximum atomic E-state index is 6.05. The SMILES string of the molecule is S=C1NC2=C(CCC/C2=C\c2ccc(Cl)cc2)[C@@H](c2ccc(Cl)cc2)N1. The Morgan fingerprint density at radius 3 is 2.27 bits per heavy atom. The molecule has 0 aromatic heterocycles. The minimum atomic E-state index is 0.0879. The van der Waals surface area contributed by atoms with Crippen molar-refractivity contribution in [2.45, 2.75) is 25.3 Å². The molecular formula is C21H18Cl2N2S. The van der Waals surface area contributed by atoms with E-state index in [0.717, 1.165) is 40.6 Å². The molecule has 1 atom stereocenters. The van der Waals surface area contributed by atoms with Gasteiger partial charge in [-0.25, -0.2) is 0 Å². The lowest BCUT2D eigenvalue weighted by Crippen LogP contribution is -2.45. The molecule has 132 valence electrons. The van der Waals surface area contributed by atoms with E-state index in [4.69, 9.17) is 35.4 Å². The standard InChI is InChI=1S/C21H18Cl2N2S/c22-16-8-4-13(5-9-16)12-15-2-1-3-18-19(24-21(26)25-20(15)18)14-6-10-17(23)11-7-14/h4-12,19H,1-3H2,(H2,24,25,26)/b15-12+/t19-/m1/s1. The first-order chi connectivity index (χ1) is 12.6. The fourth-order valence-corrected chi connectivity index (χ4v) is 4.06. The average Bonchev–Trinajstić information content (AvgIpc) is 2.64. The second-order valence-corrected chi connectivity index (χ2v) is 7.84. The Morgan fingerprint density at radius 2 is 1.58 bits per heavy atom. The van der Waals surface area contributed by atoms with Crippen LogP contribution in [0.5, 0.6) is 0 Å². The molecule has 2 aromatic rings. The van der Waals surface area contributed by atoms with Gasteiger partial charge in [-0.1, -0.05) is 47.5 Å². The topological polar surface area (TPSA) is 24.1 Å². The van der Waals surface area contributed by atoms with E-state index < -0.39 is 0 Å². The number of hydrogen-bond acceptors (Lipinski definition) is 1. The van der Waals surface area contributed by atoms with Gasteiger partial charge in [0.15, 0.2) is 5.11 Å². The maximum absolute atomic E-state index is 6.05. The van der Waals surface area contributed by atoms with Gasteiger partial charge in [0.1, 0.15) is 0 Å². The molecule has 26 heavy (non-hydrogen) atoms. The third-order valence-corrected chi connectivity index (χ3v) is 5.53. The first-order valence-corrected chi connectivity index (χ1v) is 9.79. The fourth-order valence-electron chi connectivity index (χ4n) is 3.59. The summed E-state index contributed by atoms with van der Waals surface area (Å²) >= 11 is 17.5. The predicted octanol–water partition coefficient (Wildman–Crippen LogP) is 6.03. The van der Waals surface area contributed by atoms with E-state index >= 15 is 0 Å². The van der Waals surface area contributed by atoms with E-state index in [-0.39, 0.29) is 6.04 Å². The van der Waals surface area contributed by atoms with Crippen molar-refractivity contribution in [1.29, 1.82) is 0 Å². The summed E-state index contributed by atoms with van der Waals surface area (Å²) in [5.41, 5.74) is 6.13. The molecule has 2 nitrogen and oxygen atoms in total. The molecule has 0 amide bonds. The Labute approximate surface area is 168 Å². The van der Waals surface area contributed by atoms with Crippen LogP contribution < -0.4 is 10.6 Å². The van der Waals surface area contributed by atoms with Crippen molar-refractivity contribution in [2.75, 3.05) is 0 Å². The summed E-state index contributed by atoms with van der Waals surface area (Å²) < 4.78 is 0. The minimum Gasteiger partial charge on any atom is -0.352 e. The third kappa shape index (κ3) is 3.66. The highest BCUT2D eigenvalue weighted by molar-refractivity contribution is 7.80. The highest BCUT2D eigenvalue weighted by Crippen LogP contribution is 2.38. The van der Waals surface area contributed by atoms with Crippen LogP contribution in [0, 0.1) is 0 Å². The van der Waals surface area contributed by atoms with Crippen LogP contribution in [0.15, 0.2) is 65.4 Å². The van der Waals surface area contributed by atoms with E-state index in [1.807, 2.05) is 36.4 Å². The van der Waals surface area contributed by atoms with Crippen molar-refractivity contribution in [3.05, 3.63) is 86.5 Å². The maximum Gasteiger partial charge on any atom is 0.171 e. The molecule has 2 N–H and O–H groups in total. The van der Waals surface area contributed by atoms with Crippen LogP contribution in [0.25, 0.3) is 6.08 Å². The van der Waals surface area contributed by atoms with Gasteiger partial charge >= 0.3 is 0 Å². The van der Waals surface area contributed by atoms with Crippen LogP contribution in [0.3, 0.4) is 0 Å². The summed E-state index contributed by atoms with van der Waals surface area (Å²) in [6.45, 7) is 0. The molecule has 5 heteroatoms. The number of allylic oxidation sites excluding steroid dienone is 1. The van der Waals surface area contributed by atoms with E-state index in [1.54, 1.807) is 0 Å². The number of rotatable bonds is 2.